The molecular formula is C17H17Cl2NO. The second kappa shape index (κ2) is 6.17. The lowest BCUT2D eigenvalue weighted by Crippen LogP contribution is -2.14. The lowest BCUT2D eigenvalue weighted by atomic mass is 9.99. The first-order chi connectivity index (χ1) is 10.2. The Morgan fingerprint density at radius 3 is 2.62 bits per heavy atom. The summed E-state index contributed by atoms with van der Waals surface area (Å²) < 4.78 is 5.44. The lowest BCUT2D eigenvalue weighted by Gasteiger charge is -2.16. The van der Waals surface area contributed by atoms with E-state index in [1.165, 1.54) is 16.8 Å². The standard InChI is InChI=1S/C17H17Cl2NO/c1-21-17-7-2-4-11-12(17)8-9-16(11)20-10-13-14(18)5-3-6-15(13)19/h2-3,5-7,20H,4,8-10H2,1H3. The first-order valence-corrected chi connectivity index (χ1v) is 7.79. The minimum Gasteiger partial charge on any atom is -0.496 e. The van der Waals surface area contributed by atoms with Crippen molar-refractivity contribution < 1.29 is 4.74 Å². The van der Waals surface area contributed by atoms with E-state index in [0.29, 0.717) is 16.6 Å². The van der Waals surface area contributed by atoms with Gasteiger partial charge in [0.2, 0.25) is 0 Å². The summed E-state index contributed by atoms with van der Waals surface area (Å²) in [5.41, 5.74) is 4.91. The molecule has 0 bridgehead atoms. The van der Waals surface area contributed by atoms with Crippen LogP contribution in [0.5, 0.6) is 0 Å². The SMILES string of the molecule is COC1=C2CCC(NCc3c(Cl)cccc3Cl)=C2CC=C1. The van der Waals surface area contributed by atoms with Crippen LogP contribution in [0.2, 0.25) is 10.0 Å². The van der Waals surface area contributed by atoms with Gasteiger partial charge < -0.3 is 10.1 Å². The van der Waals surface area contributed by atoms with E-state index < -0.39 is 0 Å². The van der Waals surface area contributed by atoms with Crippen LogP contribution in [0.15, 0.2) is 53.0 Å². The Kier molecular flexibility index (Phi) is 4.27. The Bertz CT molecular complexity index is 639. The normalized spacial score (nSPS) is 17.3. The minimum atomic E-state index is 0.649. The molecule has 2 aliphatic rings. The van der Waals surface area contributed by atoms with E-state index in [1.807, 2.05) is 18.2 Å². The highest BCUT2D eigenvalue weighted by molar-refractivity contribution is 6.35. The van der Waals surface area contributed by atoms with Gasteiger partial charge in [-0.3, -0.25) is 0 Å². The second-order valence-electron chi connectivity index (χ2n) is 5.16. The van der Waals surface area contributed by atoms with Crippen molar-refractivity contribution in [3.63, 3.8) is 0 Å². The number of allylic oxidation sites excluding steroid dienone is 5. The number of hydrogen-bond acceptors (Lipinski definition) is 2. The molecule has 0 aromatic heterocycles. The van der Waals surface area contributed by atoms with Crippen molar-refractivity contribution in [3.05, 3.63) is 68.6 Å². The van der Waals surface area contributed by atoms with E-state index in [2.05, 4.69) is 17.5 Å². The van der Waals surface area contributed by atoms with Crippen LogP contribution < -0.4 is 5.32 Å². The number of ether oxygens (including phenoxy) is 1. The van der Waals surface area contributed by atoms with Crippen molar-refractivity contribution in [2.24, 2.45) is 0 Å². The van der Waals surface area contributed by atoms with Gasteiger partial charge >= 0.3 is 0 Å². The number of rotatable bonds is 4. The molecule has 0 amide bonds. The van der Waals surface area contributed by atoms with E-state index >= 15 is 0 Å². The molecule has 2 aliphatic carbocycles. The van der Waals surface area contributed by atoms with Crippen molar-refractivity contribution in [1.82, 2.24) is 5.32 Å². The van der Waals surface area contributed by atoms with Gasteiger partial charge in [0.05, 0.1) is 7.11 Å². The molecule has 110 valence electrons. The molecule has 0 saturated carbocycles. The van der Waals surface area contributed by atoms with Gasteiger partial charge in [-0.05, 0) is 48.6 Å². The Morgan fingerprint density at radius 1 is 1.14 bits per heavy atom. The summed E-state index contributed by atoms with van der Waals surface area (Å²) in [6, 6.07) is 5.60. The zero-order chi connectivity index (χ0) is 14.8. The maximum absolute atomic E-state index is 6.22. The molecule has 21 heavy (non-hydrogen) atoms. The molecule has 0 atom stereocenters. The van der Waals surface area contributed by atoms with Crippen LogP contribution in [0.4, 0.5) is 0 Å². The number of halogens is 2. The van der Waals surface area contributed by atoms with Gasteiger partial charge in [-0.15, -0.1) is 0 Å². The van der Waals surface area contributed by atoms with Crippen molar-refractivity contribution in [2.45, 2.75) is 25.8 Å². The number of benzene rings is 1. The van der Waals surface area contributed by atoms with Crippen molar-refractivity contribution >= 4 is 23.2 Å². The van der Waals surface area contributed by atoms with Gasteiger partial charge in [0.15, 0.2) is 0 Å². The van der Waals surface area contributed by atoms with Gasteiger partial charge in [-0.25, -0.2) is 0 Å². The average molecular weight is 322 g/mol. The summed E-state index contributed by atoms with van der Waals surface area (Å²) >= 11 is 12.4. The summed E-state index contributed by atoms with van der Waals surface area (Å²) in [5.74, 6) is 0.990. The average Bonchev–Trinajstić information content (AvgIpc) is 2.90. The second-order valence-corrected chi connectivity index (χ2v) is 5.98. The van der Waals surface area contributed by atoms with Crippen molar-refractivity contribution in [2.75, 3.05) is 7.11 Å². The fraction of sp³-hybridized carbons (Fsp3) is 0.294. The van der Waals surface area contributed by atoms with Crippen LogP contribution in [0.25, 0.3) is 0 Å². The Labute approximate surface area is 135 Å². The lowest BCUT2D eigenvalue weighted by molar-refractivity contribution is 0.301. The first kappa shape index (κ1) is 14.6. The molecule has 0 aliphatic heterocycles. The summed E-state index contributed by atoms with van der Waals surface area (Å²) in [7, 11) is 1.73. The fourth-order valence-electron chi connectivity index (χ4n) is 2.92. The van der Waals surface area contributed by atoms with E-state index in [4.69, 9.17) is 27.9 Å². The molecule has 4 heteroatoms. The highest BCUT2D eigenvalue weighted by atomic mass is 35.5. The van der Waals surface area contributed by atoms with E-state index in [0.717, 1.165) is 30.6 Å². The van der Waals surface area contributed by atoms with Gasteiger partial charge in [0.25, 0.3) is 0 Å². The maximum Gasteiger partial charge on any atom is 0.122 e. The van der Waals surface area contributed by atoms with Gasteiger partial charge in [-0.1, -0.05) is 35.3 Å². The zero-order valence-corrected chi connectivity index (χ0v) is 13.4. The molecule has 0 fully saturated rings. The first-order valence-electron chi connectivity index (χ1n) is 7.03. The minimum absolute atomic E-state index is 0.649. The third kappa shape index (κ3) is 2.83. The molecule has 0 saturated heterocycles. The van der Waals surface area contributed by atoms with E-state index in [-0.39, 0.29) is 0 Å². The Hall–Kier alpha value is -1.38. The Morgan fingerprint density at radius 2 is 1.90 bits per heavy atom. The van der Waals surface area contributed by atoms with Crippen LogP contribution in [-0.4, -0.2) is 7.11 Å². The third-order valence-corrected chi connectivity index (χ3v) is 4.71. The van der Waals surface area contributed by atoms with Gasteiger partial charge in [-0.2, -0.15) is 0 Å². The van der Waals surface area contributed by atoms with Gasteiger partial charge in [0, 0.05) is 27.9 Å². The van der Waals surface area contributed by atoms with E-state index in [9.17, 15) is 0 Å². The zero-order valence-electron chi connectivity index (χ0n) is 11.9. The number of fused-ring (bicyclic) bond motifs is 1. The molecule has 3 rings (SSSR count). The van der Waals surface area contributed by atoms with Gasteiger partial charge in [0.1, 0.15) is 5.76 Å². The van der Waals surface area contributed by atoms with Crippen LogP contribution in [-0.2, 0) is 11.3 Å². The maximum atomic E-state index is 6.22. The molecule has 1 aromatic carbocycles. The number of hydrogen-bond donors (Lipinski definition) is 1. The predicted molar refractivity (Wildman–Crippen MR) is 87.4 cm³/mol. The smallest absolute Gasteiger partial charge is 0.122 e. The summed E-state index contributed by atoms with van der Waals surface area (Å²) in [5, 5.41) is 4.92. The number of methoxy groups -OCH3 is 1. The number of nitrogens with one attached hydrogen (secondary N) is 1. The monoisotopic (exact) mass is 321 g/mol. The molecular weight excluding hydrogens is 305 g/mol. The van der Waals surface area contributed by atoms with Crippen LogP contribution >= 0.6 is 23.2 Å². The van der Waals surface area contributed by atoms with Crippen molar-refractivity contribution in [3.8, 4) is 0 Å². The molecule has 1 N–H and O–H groups in total. The fourth-order valence-corrected chi connectivity index (χ4v) is 3.45. The largest absolute Gasteiger partial charge is 0.496 e. The van der Waals surface area contributed by atoms with E-state index in [1.54, 1.807) is 7.11 Å². The quantitative estimate of drug-likeness (QED) is 0.843. The summed E-state index contributed by atoms with van der Waals surface area (Å²) in [6.07, 6.45) is 7.21. The summed E-state index contributed by atoms with van der Waals surface area (Å²) in [4.78, 5) is 0. The van der Waals surface area contributed by atoms with Crippen LogP contribution in [0.1, 0.15) is 24.8 Å². The molecule has 0 heterocycles. The molecule has 0 radical (unpaired) electrons. The highest BCUT2D eigenvalue weighted by Crippen LogP contribution is 2.38. The predicted octanol–water partition coefficient (Wildman–Crippen LogP) is 4.99. The third-order valence-electron chi connectivity index (χ3n) is 4.00. The van der Waals surface area contributed by atoms with Crippen LogP contribution in [0.3, 0.4) is 0 Å². The molecule has 1 aromatic rings. The molecule has 2 nitrogen and oxygen atoms in total. The van der Waals surface area contributed by atoms with Crippen molar-refractivity contribution in [1.29, 1.82) is 0 Å². The topological polar surface area (TPSA) is 21.3 Å². The summed E-state index contributed by atoms with van der Waals surface area (Å²) in [6.45, 7) is 0.649. The van der Waals surface area contributed by atoms with Crippen LogP contribution in [0, 0.1) is 0 Å². The molecule has 0 spiro atoms. The molecule has 0 unspecified atom stereocenters. The highest BCUT2D eigenvalue weighted by Gasteiger charge is 2.24. The Balaban J connectivity index is 1.81.